The third kappa shape index (κ3) is 2.78. The number of benzene rings is 1. The van der Waals surface area contributed by atoms with Crippen LogP contribution in [0.1, 0.15) is 36.2 Å². The van der Waals surface area contributed by atoms with E-state index in [9.17, 15) is 19.1 Å². The van der Waals surface area contributed by atoms with Gasteiger partial charge in [-0.05, 0) is 31.9 Å². The number of pyridine rings is 1. The molecule has 4 rings (SSSR count). The summed E-state index contributed by atoms with van der Waals surface area (Å²) in [4.78, 5) is 25.8. The maximum atomic E-state index is 14.7. The quantitative estimate of drug-likeness (QED) is 0.890. The van der Waals surface area contributed by atoms with Crippen molar-refractivity contribution in [3.05, 3.63) is 39.9 Å². The van der Waals surface area contributed by atoms with E-state index in [1.165, 1.54) is 12.3 Å². The Hall–Kier alpha value is -2.41. The number of aromatic nitrogens is 1. The number of halogens is 1. The van der Waals surface area contributed by atoms with E-state index in [-0.39, 0.29) is 23.0 Å². The summed E-state index contributed by atoms with van der Waals surface area (Å²) in [5, 5.41) is 12.7. The molecule has 7 heteroatoms. The molecule has 2 aliphatic rings. The molecule has 2 fully saturated rings. The molecule has 0 amide bonds. The highest BCUT2D eigenvalue weighted by atomic mass is 19.1. The topological polar surface area (TPSA) is 74.6 Å². The Kier molecular flexibility index (Phi) is 3.76. The molecule has 1 atom stereocenters. The van der Waals surface area contributed by atoms with Crippen molar-refractivity contribution >= 4 is 22.6 Å². The number of fused-ring (bicyclic) bond motifs is 1. The summed E-state index contributed by atoms with van der Waals surface area (Å²) in [5.74, 6) is -1.76. The van der Waals surface area contributed by atoms with Gasteiger partial charge >= 0.3 is 5.97 Å². The Balaban J connectivity index is 1.92. The highest BCUT2D eigenvalue weighted by molar-refractivity contribution is 5.93. The number of piperazine rings is 1. The number of nitrogens with zero attached hydrogens (tertiary/aromatic N) is 2. The smallest absolute Gasteiger partial charge is 0.341 e. The van der Waals surface area contributed by atoms with Gasteiger partial charge in [-0.15, -0.1) is 0 Å². The Morgan fingerprint density at radius 2 is 2.12 bits per heavy atom. The Labute approximate surface area is 143 Å². The van der Waals surface area contributed by atoms with Crippen molar-refractivity contribution in [2.75, 3.05) is 24.5 Å². The lowest BCUT2D eigenvalue weighted by molar-refractivity contribution is 0.0695. The number of aromatic carboxylic acids is 1. The number of hydrogen-bond acceptors (Lipinski definition) is 4. The fraction of sp³-hybridized carbons (Fsp3) is 0.444. The van der Waals surface area contributed by atoms with Gasteiger partial charge in [0.1, 0.15) is 11.4 Å². The monoisotopic (exact) mass is 345 g/mol. The molecule has 1 aliphatic carbocycles. The van der Waals surface area contributed by atoms with E-state index >= 15 is 0 Å². The minimum Gasteiger partial charge on any atom is -0.477 e. The van der Waals surface area contributed by atoms with Gasteiger partial charge in [0, 0.05) is 43.3 Å². The van der Waals surface area contributed by atoms with Gasteiger partial charge in [0.2, 0.25) is 5.43 Å². The minimum absolute atomic E-state index is 0.135. The van der Waals surface area contributed by atoms with Crippen LogP contribution in [0.3, 0.4) is 0 Å². The molecule has 1 unspecified atom stereocenters. The van der Waals surface area contributed by atoms with Crippen LogP contribution in [0.2, 0.25) is 0 Å². The summed E-state index contributed by atoms with van der Waals surface area (Å²) in [6, 6.07) is 3.34. The van der Waals surface area contributed by atoms with Crippen molar-refractivity contribution in [3.8, 4) is 0 Å². The van der Waals surface area contributed by atoms with E-state index in [0.29, 0.717) is 24.3 Å². The minimum atomic E-state index is -1.28. The second-order valence-electron chi connectivity index (χ2n) is 6.94. The van der Waals surface area contributed by atoms with Crippen molar-refractivity contribution in [3.63, 3.8) is 0 Å². The molecule has 0 bridgehead atoms. The zero-order valence-electron chi connectivity index (χ0n) is 14.0. The zero-order chi connectivity index (χ0) is 17.7. The summed E-state index contributed by atoms with van der Waals surface area (Å²) in [5.41, 5.74) is 0.152. The van der Waals surface area contributed by atoms with E-state index in [1.807, 2.05) is 16.4 Å². The molecule has 0 spiro atoms. The number of hydrogen-bond donors (Lipinski definition) is 2. The molecule has 2 aromatic rings. The maximum absolute atomic E-state index is 14.7. The van der Waals surface area contributed by atoms with Crippen LogP contribution in [0, 0.1) is 5.82 Å². The van der Waals surface area contributed by atoms with Crippen molar-refractivity contribution in [2.24, 2.45) is 0 Å². The van der Waals surface area contributed by atoms with Gasteiger partial charge in [0.25, 0.3) is 0 Å². The van der Waals surface area contributed by atoms with Crippen LogP contribution in [0.25, 0.3) is 10.9 Å². The average molecular weight is 345 g/mol. The molecule has 1 saturated heterocycles. The fourth-order valence-electron chi connectivity index (χ4n) is 3.56. The predicted molar refractivity (Wildman–Crippen MR) is 93.1 cm³/mol. The number of nitrogens with one attached hydrogen (secondary N) is 1. The lowest BCUT2D eigenvalue weighted by Gasteiger charge is -2.34. The van der Waals surface area contributed by atoms with E-state index in [2.05, 4.69) is 5.32 Å². The van der Waals surface area contributed by atoms with Gasteiger partial charge in [-0.2, -0.15) is 0 Å². The molecule has 132 valence electrons. The number of carboxylic acids is 1. The molecule has 0 radical (unpaired) electrons. The summed E-state index contributed by atoms with van der Waals surface area (Å²) in [6.45, 7) is 4.19. The van der Waals surface area contributed by atoms with Crippen molar-refractivity contribution in [2.45, 2.75) is 31.8 Å². The molecular formula is C18H20FN3O3. The first kappa shape index (κ1) is 16.1. The normalized spacial score (nSPS) is 20.9. The summed E-state index contributed by atoms with van der Waals surface area (Å²) in [7, 11) is 0. The van der Waals surface area contributed by atoms with Crippen LogP contribution in [0.5, 0.6) is 0 Å². The van der Waals surface area contributed by atoms with Crippen molar-refractivity contribution in [1.82, 2.24) is 9.88 Å². The van der Waals surface area contributed by atoms with Crippen LogP contribution < -0.4 is 15.6 Å². The maximum Gasteiger partial charge on any atom is 0.341 e. The molecule has 1 saturated carbocycles. The SMILES string of the molecule is CC1CN(c2cc3c(cc2F)c(=O)c(C(=O)O)cn3C2CC2)CCN1. The van der Waals surface area contributed by atoms with E-state index in [1.54, 1.807) is 6.07 Å². The van der Waals surface area contributed by atoms with E-state index in [4.69, 9.17) is 0 Å². The average Bonchev–Trinajstić information content (AvgIpc) is 3.39. The first-order valence-electron chi connectivity index (χ1n) is 8.55. The number of anilines is 1. The Morgan fingerprint density at radius 1 is 1.36 bits per heavy atom. The first-order valence-corrected chi connectivity index (χ1v) is 8.55. The molecule has 2 N–H and O–H groups in total. The van der Waals surface area contributed by atoms with Crippen LogP contribution in [-0.4, -0.2) is 41.3 Å². The summed E-state index contributed by atoms with van der Waals surface area (Å²) >= 11 is 0. The largest absolute Gasteiger partial charge is 0.477 e. The molecule has 1 aromatic carbocycles. The van der Waals surface area contributed by atoms with Gasteiger partial charge in [-0.3, -0.25) is 4.79 Å². The van der Waals surface area contributed by atoms with Gasteiger partial charge in [-0.1, -0.05) is 0 Å². The molecule has 6 nitrogen and oxygen atoms in total. The Bertz CT molecular complexity index is 920. The van der Waals surface area contributed by atoms with E-state index < -0.39 is 17.2 Å². The second-order valence-corrected chi connectivity index (χ2v) is 6.94. The Morgan fingerprint density at radius 3 is 2.76 bits per heavy atom. The third-order valence-corrected chi connectivity index (χ3v) is 4.98. The highest BCUT2D eigenvalue weighted by Crippen LogP contribution is 2.38. The summed E-state index contributed by atoms with van der Waals surface area (Å²) < 4.78 is 16.6. The number of carboxylic acid groups (broad SMARTS) is 1. The standard InChI is InChI=1S/C18H20FN3O3/c1-10-8-21(5-4-20-10)16-7-15-12(6-14(16)19)17(23)13(18(24)25)9-22(15)11-2-3-11/h6-7,9-11,20H,2-5,8H2,1H3,(H,24,25). The molecule has 2 heterocycles. The van der Waals surface area contributed by atoms with Crippen LogP contribution in [0.15, 0.2) is 23.1 Å². The molecule has 1 aromatic heterocycles. The highest BCUT2D eigenvalue weighted by Gasteiger charge is 2.28. The van der Waals surface area contributed by atoms with Gasteiger partial charge in [-0.25, -0.2) is 9.18 Å². The number of carbonyl (C=O) groups is 1. The van der Waals surface area contributed by atoms with Gasteiger partial charge < -0.3 is 19.9 Å². The van der Waals surface area contributed by atoms with E-state index in [0.717, 1.165) is 19.4 Å². The van der Waals surface area contributed by atoms with Crippen LogP contribution in [-0.2, 0) is 0 Å². The van der Waals surface area contributed by atoms with Gasteiger partial charge in [0.05, 0.1) is 11.2 Å². The lowest BCUT2D eigenvalue weighted by Crippen LogP contribution is -2.49. The van der Waals surface area contributed by atoms with Crippen LogP contribution in [0.4, 0.5) is 10.1 Å². The third-order valence-electron chi connectivity index (χ3n) is 4.98. The lowest BCUT2D eigenvalue weighted by atomic mass is 10.1. The first-order chi connectivity index (χ1) is 12.0. The second kappa shape index (κ2) is 5.84. The molecule has 25 heavy (non-hydrogen) atoms. The summed E-state index contributed by atoms with van der Waals surface area (Å²) in [6.07, 6.45) is 3.29. The molecular weight excluding hydrogens is 325 g/mol. The zero-order valence-corrected chi connectivity index (χ0v) is 14.0. The number of rotatable bonds is 3. The molecule has 1 aliphatic heterocycles. The van der Waals surface area contributed by atoms with Crippen molar-refractivity contribution < 1.29 is 14.3 Å². The van der Waals surface area contributed by atoms with Crippen LogP contribution >= 0.6 is 0 Å². The van der Waals surface area contributed by atoms with Gasteiger partial charge in [0.15, 0.2) is 0 Å². The predicted octanol–water partition coefficient (Wildman–Crippen LogP) is 1.97. The fourth-order valence-corrected chi connectivity index (χ4v) is 3.56. The van der Waals surface area contributed by atoms with Crippen molar-refractivity contribution in [1.29, 1.82) is 0 Å².